The van der Waals surface area contributed by atoms with Gasteiger partial charge < -0.3 is 28.6 Å². The number of hydrogen-bond donors (Lipinski definition) is 0. The van der Waals surface area contributed by atoms with Gasteiger partial charge >= 0.3 is 18.1 Å². The Morgan fingerprint density at radius 2 is 1.58 bits per heavy atom. The van der Waals surface area contributed by atoms with E-state index in [2.05, 4.69) is 67.4 Å². The van der Waals surface area contributed by atoms with Crippen molar-refractivity contribution in [2.75, 3.05) is 51.6 Å². The number of rotatable bonds is 13. The van der Waals surface area contributed by atoms with E-state index in [0.29, 0.717) is 76.2 Å². The van der Waals surface area contributed by atoms with Crippen molar-refractivity contribution in [3.63, 3.8) is 0 Å². The summed E-state index contributed by atoms with van der Waals surface area (Å²) in [4.78, 5) is 36.0. The van der Waals surface area contributed by atoms with Crippen molar-refractivity contribution >= 4 is 41.9 Å². The van der Waals surface area contributed by atoms with Crippen LogP contribution in [0.2, 0.25) is 16.6 Å². The number of methoxy groups -OCH3 is 1. The summed E-state index contributed by atoms with van der Waals surface area (Å²) in [5.74, 6) is 4.64. The van der Waals surface area contributed by atoms with Gasteiger partial charge in [-0.2, -0.15) is 15.0 Å². The maximum atomic E-state index is 16.5. The number of ether oxygens (including phenoxy) is 5. The molecule has 4 saturated heterocycles. The van der Waals surface area contributed by atoms with E-state index in [-0.39, 0.29) is 42.6 Å². The molecule has 1 amide bonds. The number of fused-ring (bicyclic) bond motifs is 5. The molecule has 2 atom stereocenters. The van der Waals surface area contributed by atoms with Crippen molar-refractivity contribution in [2.24, 2.45) is 0 Å². The van der Waals surface area contributed by atoms with Gasteiger partial charge in [0.15, 0.2) is 18.3 Å². The number of benzene rings is 2. The maximum absolute atomic E-state index is 16.5. The van der Waals surface area contributed by atoms with Crippen LogP contribution in [0, 0.1) is 17.3 Å². The molecule has 2 unspecified atom stereocenters. The van der Waals surface area contributed by atoms with E-state index in [1.165, 1.54) is 6.07 Å². The Morgan fingerprint density at radius 1 is 0.894 bits per heavy atom. The van der Waals surface area contributed by atoms with Crippen molar-refractivity contribution < 1.29 is 32.9 Å². The van der Waals surface area contributed by atoms with Crippen LogP contribution in [-0.2, 0) is 9.47 Å². The highest BCUT2D eigenvalue weighted by Crippen LogP contribution is 2.47. The largest absolute Gasteiger partial charge is 0.467 e. The molecule has 356 valence electrons. The van der Waals surface area contributed by atoms with Gasteiger partial charge in [0.25, 0.3) is 0 Å². The number of anilines is 1. The summed E-state index contributed by atoms with van der Waals surface area (Å²) in [7, 11) is -0.675. The van der Waals surface area contributed by atoms with E-state index < -0.39 is 19.5 Å². The van der Waals surface area contributed by atoms with Crippen LogP contribution in [-0.4, -0.2) is 113 Å². The lowest BCUT2D eigenvalue weighted by Gasteiger charge is -2.42. The minimum atomic E-state index is -2.25. The van der Waals surface area contributed by atoms with E-state index in [9.17, 15) is 4.79 Å². The average Bonchev–Trinajstić information content (AvgIpc) is 3.98. The standard InChI is InChI=1S/C51H70FN7O6Si/c1-32(2)66(33(3)4,34(5)6)25-20-40-41(52)19-16-35-26-39(63-31-61-10)27-42(43(35)40)64-48-54-45-44(59(48)36-14-11-15-36)46(55-47(53-45)62-30-51-21-12-23-57(51)24-13-22-51)56-28-37-17-18-38(29-56)58(37)49(60)65-50(7,8)9/h16,19,26-27,32-34,36-38H,11-15,17-18,21-24,28-31H2,1-10H3. The molecule has 2 aromatic carbocycles. The van der Waals surface area contributed by atoms with Crippen molar-refractivity contribution in [1.29, 1.82) is 0 Å². The lowest BCUT2D eigenvalue weighted by molar-refractivity contribution is 0.0122. The molecule has 4 aromatic rings. The molecule has 9 rings (SSSR count). The molecule has 2 aromatic heterocycles. The fourth-order valence-electron chi connectivity index (χ4n) is 12.1. The van der Waals surface area contributed by atoms with Gasteiger partial charge in [-0.05, 0) is 126 Å². The van der Waals surface area contributed by atoms with Crippen LogP contribution in [0.25, 0.3) is 21.9 Å². The van der Waals surface area contributed by atoms with Gasteiger partial charge in [0.05, 0.1) is 23.2 Å². The summed E-state index contributed by atoms with van der Waals surface area (Å²) in [5.41, 5.74) is 5.79. The third-order valence-corrected chi connectivity index (χ3v) is 21.7. The molecule has 66 heavy (non-hydrogen) atoms. The third-order valence-electron chi connectivity index (χ3n) is 15.4. The lowest BCUT2D eigenvalue weighted by atomic mass is 9.93. The van der Waals surface area contributed by atoms with Crippen molar-refractivity contribution in [3.05, 3.63) is 35.6 Å². The van der Waals surface area contributed by atoms with Crippen LogP contribution in [0.4, 0.5) is 15.0 Å². The fourth-order valence-corrected chi connectivity index (χ4v) is 17.3. The Bertz CT molecular complexity index is 2480. The second-order valence-electron chi connectivity index (χ2n) is 21.5. The van der Waals surface area contributed by atoms with E-state index in [1.54, 1.807) is 19.2 Å². The first-order valence-corrected chi connectivity index (χ1v) is 26.8. The average molecular weight is 924 g/mol. The molecule has 0 radical (unpaired) electrons. The highest BCUT2D eigenvalue weighted by molar-refractivity contribution is 6.90. The highest BCUT2D eigenvalue weighted by atomic mass is 28.3. The molecule has 0 spiro atoms. The molecule has 0 N–H and O–H groups in total. The van der Waals surface area contributed by atoms with Crippen LogP contribution in [0.5, 0.6) is 23.5 Å². The summed E-state index contributed by atoms with van der Waals surface area (Å²) < 4.78 is 49.7. The molecule has 5 aliphatic rings. The number of hydrogen-bond acceptors (Lipinski definition) is 11. The Labute approximate surface area is 391 Å². The predicted molar refractivity (Wildman–Crippen MR) is 258 cm³/mol. The highest BCUT2D eigenvalue weighted by Gasteiger charge is 2.47. The van der Waals surface area contributed by atoms with Crippen molar-refractivity contribution in [2.45, 2.75) is 166 Å². The van der Waals surface area contributed by atoms with Crippen LogP contribution >= 0.6 is 0 Å². The molecule has 13 nitrogen and oxygen atoms in total. The first-order valence-electron chi connectivity index (χ1n) is 24.5. The Balaban J connectivity index is 1.19. The normalized spacial score (nSPS) is 20.9. The molecular weight excluding hydrogens is 854 g/mol. The van der Waals surface area contributed by atoms with Gasteiger partial charge in [-0.15, -0.1) is 5.54 Å². The van der Waals surface area contributed by atoms with E-state index in [1.807, 2.05) is 31.7 Å². The third kappa shape index (κ3) is 8.48. The molecule has 2 bridgehead atoms. The molecule has 4 aliphatic heterocycles. The van der Waals surface area contributed by atoms with Crippen molar-refractivity contribution in [1.82, 2.24) is 29.3 Å². The van der Waals surface area contributed by atoms with Crippen LogP contribution < -0.4 is 19.1 Å². The minimum Gasteiger partial charge on any atom is -0.467 e. The topological polar surface area (TPSA) is 117 Å². The number of halogens is 1. The Kier molecular flexibility index (Phi) is 12.7. The molecule has 6 heterocycles. The van der Waals surface area contributed by atoms with Crippen LogP contribution in [0.15, 0.2) is 24.3 Å². The van der Waals surface area contributed by atoms with E-state index >= 15 is 4.39 Å². The zero-order valence-corrected chi connectivity index (χ0v) is 41.8. The number of nitrogens with zero attached hydrogens (tertiary/aromatic N) is 7. The molecule has 1 saturated carbocycles. The summed E-state index contributed by atoms with van der Waals surface area (Å²) in [6.07, 6.45) is 8.88. The van der Waals surface area contributed by atoms with Gasteiger partial charge in [-0.1, -0.05) is 53.5 Å². The fraction of sp³-hybridized carbons (Fsp3) is 0.647. The van der Waals surface area contributed by atoms with Gasteiger partial charge in [-0.25, -0.2) is 9.18 Å². The van der Waals surface area contributed by atoms with Gasteiger partial charge in [0.2, 0.25) is 0 Å². The summed E-state index contributed by atoms with van der Waals surface area (Å²) in [6.45, 7) is 23.1. The predicted octanol–water partition coefficient (Wildman–Crippen LogP) is 10.8. The SMILES string of the molecule is COCOc1cc(Oc2nc3nc(OCC45CCCN4CCC5)nc(N4CC5CCC(C4)N5C(=O)OC(C)(C)C)c3n2C2CCC2)c2c(C#C[Si](C(C)C)(C(C)C)C(C)C)c(F)ccc2c1. The number of piperazine rings is 1. The molecule has 1 aliphatic carbocycles. The van der Waals surface area contributed by atoms with Crippen molar-refractivity contribution in [3.8, 4) is 35.0 Å². The summed E-state index contributed by atoms with van der Waals surface area (Å²) in [6, 6.07) is 7.49. The minimum absolute atomic E-state index is 0.00924. The second-order valence-corrected chi connectivity index (χ2v) is 27.1. The van der Waals surface area contributed by atoms with Gasteiger partial charge in [0, 0.05) is 37.7 Å². The van der Waals surface area contributed by atoms with Crippen LogP contribution in [0.3, 0.4) is 0 Å². The number of carbonyl (C=O) groups is 1. The van der Waals surface area contributed by atoms with E-state index in [0.717, 1.165) is 81.8 Å². The monoisotopic (exact) mass is 924 g/mol. The molecule has 15 heteroatoms. The van der Waals surface area contributed by atoms with Gasteiger partial charge in [-0.3, -0.25) is 14.4 Å². The lowest BCUT2D eigenvalue weighted by Crippen LogP contribution is -2.57. The molecular formula is C51H70FN7O6Si. The quantitative estimate of drug-likeness (QED) is 0.0725. The van der Waals surface area contributed by atoms with Crippen LogP contribution in [0.1, 0.15) is 132 Å². The summed E-state index contributed by atoms with van der Waals surface area (Å²) >= 11 is 0. The first-order chi connectivity index (χ1) is 31.5. The molecule has 5 fully saturated rings. The van der Waals surface area contributed by atoms with E-state index in [4.69, 9.17) is 38.6 Å². The Hall–Kier alpha value is -4.65. The number of imidazole rings is 1. The zero-order valence-electron chi connectivity index (χ0n) is 40.8. The summed E-state index contributed by atoms with van der Waals surface area (Å²) in [5, 5.41) is 1.28. The zero-order chi connectivity index (χ0) is 46.7. The smallest absolute Gasteiger partial charge is 0.410 e. The second kappa shape index (κ2) is 18.1. The maximum Gasteiger partial charge on any atom is 0.410 e. The Morgan fingerprint density at radius 3 is 2.18 bits per heavy atom. The number of aromatic nitrogens is 4. The number of amides is 1. The number of carbonyl (C=O) groups excluding carboxylic acids is 1. The first kappa shape index (κ1) is 46.5. The van der Waals surface area contributed by atoms with Gasteiger partial charge in [0.1, 0.15) is 43.1 Å².